The van der Waals surface area contributed by atoms with Crippen molar-refractivity contribution in [3.05, 3.63) is 0 Å². The first kappa shape index (κ1) is 26.5. The van der Waals surface area contributed by atoms with Gasteiger partial charge in [0.05, 0.1) is 0 Å². The number of hydrogen-bond donors (Lipinski definition) is 7. The molecule has 0 bridgehead atoms. The molecule has 7 nitrogen and oxygen atoms in total. The fourth-order valence-electron chi connectivity index (χ4n) is 4.33. The van der Waals surface area contributed by atoms with Gasteiger partial charge in [-0.1, -0.05) is 55.4 Å². The average Bonchev–Trinajstić information content (AvgIpc) is 2.48. The maximum atomic E-state index is 7.70. The summed E-state index contributed by atoms with van der Waals surface area (Å²) in [5.74, 6) is 0.403. The molecule has 0 aliphatic rings. The minimum absolute atomic E-state index is 0.0349. The van der Waals surface area contributed by atoms with Crippen LogP contribution < -0.4 is 27.0 Å². The molecular weight excluding hydrogens is 350 g/mol. The van der Waals surface area contributed by atoms with Gasteiger partial charge in [0.2, 0.25) is 0 Å². The second kappa shape index (κ2) is 10.3. The first-order valence-electron chi connectivity index (χ1n) is 10.3. The van der Waals surface area contributed by atoms with Crippen LogP contribution in [0.1, 0.15) is 68.2 Å². The first-order valence-corrected chi connectivity index (χ1v) is 10.3. The zero-order valence-electron chi connectivity index (χ0n) is 19.8. The molecular formula is C21H47N7. The number of guanidine groups is 2. The summed E-state index contributed by atoms with van der Waals surface area (Å²) in [6.07, 6.45) is 2.10. The van der Waals surface area contributed by atoms with Crippen LogP contribution in [-0.2, 0) is 0 Å². The second-order valence-corrected chi connectivity index (χ2v) is 11.4. The topological polar surface area (TPSA) is 122 Å². The third kappa shape index (κ3) is 12.8. The molecule has 0 saturated heterocycles. The molecule has 0 radical (unpaired) electrons. The van der Waals surface area contributed by atoms with E-state index >= 15 is 0 Å². The van der Waals surface area contributed by atoms with Crippen LogP contribution >= 0.6 is 0 Å². The summed E-state index contributed by atoms with van der Waals surface area (Å²) in [5.41, 5.74) is 5.91. The Hall–Kier alpha value is -1.50. The molecule has 166 valence electrons. The third-order valence-electron chi connectivity index (χ3n) is 4.87. The fourth-order valence-corrected chi connectivity index (χ4v) is 4.33. The van der Waals surface area contributed by atoms with E-state index in [1.165, 1.54) is 0 Å². The van der Waals surface area contributed by atoms with Gasteiger partial charge >= 0.3 is 0 Å². The summed E-state index contributed by atoms with van der Waals surface area (Å²) in [6, 6.07) is 0. The first-order chi connectivity index (χ1) is 12.5. The number of nitrogens with one attached hydrogen (secondary N) is 6. The number of hydrogen-bond acceptors (Lipinski definition) is 3. The van der Waals surface area contributed by atoms with E-state index in [1.54, 1.807) is 7.05 Å². The molecule has 0 aromatic carbocycles. The highest BCUT2D eigenvalue weighted by molar-refractivity contribution is 5.76. The molecule has 0 amide bonds. The van der Waals surface area contributed by atoms with Crippen LogP contribution in [0.15, 0.2) is 0 Å². The number of rotatable bonds is 12. The Labute approximate surface area is 173 Å². The van der Waals surface area contributed by atoms with Crippen LogP contribution in [0.4, 0.5) is 0 Å². The SMILES string of the molecule is CNC(=N)NCC(C)(C)CC(C)(C)CNCC(C)(C)CC(C)(C)CNC(=N)N. The smallest absolute Gasteiger partial charge is 0.188 e. The zero-order chi connectivity index (χ0) is 22.2. The van der Waals surface area contributed by atoms with Gasteiger partial charge in [-0.05, 0) is 34.5 Å². The van der Waals surface area contributed by atoms with Crippen molar-refractivity contribution in [1.29, 1.82) is 10.8 Å². The average molecular weight is 398 g/mol. The van der Waals surface area contributed by atoms with Crippen LogP contribution in [0.25, 0.3) is 0 Å². The largest absolute Gasteiger partial charge is 0.370 e. The van der Waals surface area contributed by atoms with E-state index in [1.807, 2.05) is 0 Å². The Balaban J connectivity index is 4.53. The van der Waals surface area contributed by atoms with E-state index in [4.69, 9.17) is 16.6 Å². The number of nitrogens with two attached hydrogens (primary N) is 1. The Morgan fingerprint density at radius 1 is 0.679 bits per heavy atom. The summed E-state index contributed by atoms with van der Waals surface area (Å²) >= 11 is 0. The summed E-state index contributed by atoms with van der Waals surface area (Å²) < 4.78 is 0. The molecule has 0 fully saturated rings. The van der Waals surface area contributed by atoms with E-state index in [9.17, 15) is 0 Å². The van der Waals surface area contributed by atoms with Crippen molar-refractivity contribution in [2.24, 2.45) is 27.4 Å². The highest BCUT2D eigenvalue weighted by Gasteiger charge is 2.31. The van der Waals surface area contributed by atoms with Gasteiger partial charge in [-0.25, -0.2) is 0 Å². The molecule has 0 aliphatic carbocycles. The molecule has 0 spiro atoms. The minimum Gasteiger partial charge on any atom is -0.370 e. The van der Waals surface area contributed by atoms with E-state index in [0.717, 1.165) is 32.5 Å². The third-order valence-corrected chi connectivity index (χ3v) is 4.87. The molecule has 0 heterocycles. The molecule has 0 rings (SSSR count). The van der Waals surface area contributed by atoms with E-state index in [0.29, 0.717) is 12.5 Å². The van der Waals surface area contributed by atoms with Crippen molar-refractivity contribution < 1.29 is 0 Å². The molecule has 0 aliphatic heterocycles. The van der Waals surface area contributed by atoms with Crippen molar-refractivity contribution in [2.75, 3.05) is 33.2 Å². The minimum atomic E-state index is 0.0349. The summed E-state index contributed by atoms with van der Waals surface area (Å²) in [5, 5.41) is 27.7. The van der Waals surface area contributed by atoms with Crippen LogP contribution in [-0.4, -0.2) is 45.1 Å². The Bertz CT molecular complexity index is 507. The van der Waals surface area contributed by atoms with E-state index in [-0.39, 0.29) is 27.6 Å². The Morgan fingerprint density at radius 2 is 1.04 bits per heavy atom. The van der Waals surface area contributed by atoms with Crippen molar-refractivity contribution in [2.45, 2.75) is 68.2 Å². The van der Waals surface area contributed by atoms with Crippen LogP contribution in [0.3, 0.4) is 0 Å². The van der Waals surface area contributed by atoms with Gasteiger partial charge in [-0.3, -0.25) is 10.8 Å². The Kier molecular flexibility index (Phi) is 9.77. The molecule has 8 N–H and O–H groups in total. The quantitative estimate of drug-likeness (QED) is 0.202. The van der Waals surface area contributed by atoms with Crippen molar-refractivity contribution >= 4 is 11.9 Å². The zero-order valence-corrected chi connectivity index (χ0v) is 19.8. The standard InChI is InChI=1S/C21H47N7/c1-18(2,10-20(5,6)14-27-16(22)23)12-26-13-19(3,4)11-21(7,8)15-28-17(24)25-9/h26H,10-15H2,1-9H3,(H4,22,23,27)(H3,24,25,28). The maximum Gasteiger partial charge on any atom is 0.188 e. The van der Waals surface area contributed by atoms with Crippen molar-refractivity contribution in [3.8, 4) is 0 Å². The summed E-state index contributed by atoms with van der Waals surface area (Å²) in [6.45, 7) is 21.5. The molecule has 0 aromatic rings. The summed E-state index contributed by atoms with van der Waals surface area (Å²) in [4.78, 5) is 0. The van der Waals surface area contributed by atoms with Gasteiger partial charge in [-0.2, -0.15) is 0 Å². The van der Waals surface area contributed by atoms with Crippen LogP contribution in [0, 0.1) is 32.5 Å². The molecule has 28 heavy (non-hydrogen) atoms. The van der Waals surface area contributed by atoms with Crippen molar-refractivity contribution in [3.63, 3.8) is 0 Å². The lowest BCUT2D eigenvalue weighted by atomic mass is 9.73. The normalized spacial score (nSPS) is 13.2. The second-order valence-electron chi connectivity index (χ2n) is 11.4. The van der Waals surface area contributed by atoms with E-state index < -0.39 is 0 Å². The highest BCUT2D eigenvalue weighted by Crippen LogP contribution is 2.35. The van der Waals surface area contributed by atoms with Crippen molar-refractivity contribution in [1.82, 2.24) is 21.3 Å². The molecule has 0 saturated carbocycles. The van der Waals surface area contributed by atoms with Gasteiger partial charge in [-0.15, -0.1) is 0 Å². The fraction of sp³-hybridized carbons (Fsp3) is 0.905. The molecule has 7 heteroatoms. The molecule has 0 aromatic heterocycles. The monoisotopic (exact) mass is 397 g/mol. The lowest BCUT2D eigenvalue weighted by molar-refractivity contribution is 0.162. The maximum absolute atomic E-state index is 7.70. The van der Waals surface area contributed by atoms with Crippen LogP contribution in [0.5, 0.6) is 0 Å². The summed E-state index contributed by atoms with van der Waals surface area (Å²) in [7, 11) is 1.76. The van der Waals surface area contributed by atoms with Crippen LogP contribution in [0.2, 0.25) is 0 Å². The van der Waals surface area contributed by atoms with Gasteiger partial charge in [0.25, 0.3) is 0 Å². The predicted molar refractivity (Wildman–Crippen MR) is 122 cm³/mol. The lowest BCUT2D eigenvalue weighted by Crippen LogP contribution is -2.44. The van der Waals surface area contributed by atoms with Gasteiger partial charge in [0, 0.05) is 33.2 Å². The lowest BCUT2D eigenvalue weighted by Gasteiger charge is -2.38. The van der Waals surface area contributed by atoms with Gasteiger partial charge < -0.3 is 27.0 Å². The Morgan fingerprint density at radius 3 is 1.39 bits per heavy atom. The predicted octanol–water partition coefficient (Wildman–Crippen LogP) is 2.69. The molecule has 0 unspecified atom stereocenters. The van der Waals surface area contributed by atoms with E-state index in [2.05, 4.69) is 76.7 Å². The van der Waals surface area contributed by atoms with Gasteiger partial charge in [0.1, 0.15) is 0 Å². The van der Waals surface area contributed by atoms with Gasteiger partial charge in [0.15, 0.2) is 11.9 Å². The highest BCUT2D eigenvalue weighted by atomic mass is 15.1. The molecule has 0 atom stereocenters.